The number of hydrogen-bond acceptors (Lipinski definition) is 5. The molecule has 0 aliphatic carbocycles. The van der Waals surface area contributed by atoms with Crippen LogP contribution in [0.4, 0.5) is 5.13 Å². The number of amides is 1. The van der Waals surface area contributed by atoms with Crippen LogP contribution in [0.2, 0.25) is 5.02 Å². The number of halogens is 1. The Hall–Kier alpha value is -1.96. The summed E-state index contributed by atoms with van der Waals surface area (Å²) < 4.78 is 0. The molecular formula is C17H20ClN3O3S. The van der Waals surface area contributed by atoms with Crippen LogP contribution in [0.15, 0.2) is 24.3 Å². The number of benzene rings is 1. The van der Waals surface area contributed by atoms with Crippen LogP contribution in [0.3, 0.4) is 0 Å². The van der Waals surface area contributed by atoms with Crippen LogP contribution in [0.25, 0.3) is 11.3 Å². The highest BCUT2D eigenvalue weighted by Crippen LogP contribution is 2.30. The van der Waals surface area contributed by atoms with Crippen LogP contribution >= 0.6 is 22.9 Å². The molecule has 134 valence electrons. The van der Waals surface area contributed by atoms with Crippen molar-refractivity contribution >= 4 is 39.9 Å². The predicted octanol–water partition coefficient (Wildman–Crippen LogP) is 3.36. The summed E-state index contributed by atoms with van der Waals surface area (Å²) in [4.78, 5) is 30.1. The maximum absolute atomic E-state index is 12.1. The summed E-state index contributed by atoms with van der Waals surface area (Å²) in [5.74, 6) is -1.64. The Labute approximate surface area is 155 Å². The molecule has 1 unspecified atom stereocenters. The first-order valence-corrected chi connectivity index (χ1v) is 8.90. The first-order chi connectivity index (χ1) is 11.8. The third-order valence-electron chi connectivity index (χ3n) is 3.58. The minimum atomic E-state index is -0.879. The molecule has 8 heteroatoms. The Kier molecular flexibility index (Phi) is 6.52. The van der Waals surface area contributed by atoms with Crippen LogP contribution in [0, 0.1) is 12.8 Å². The second-order valence-corrected chi connectivity index (χ2v) is 7.55. The van der Waals surface area contributed by atoms with E-state index in [0.717, 1.165) is 16.1 Å². The molecule has 2 rings (SSSR count). The quantitative estimate of drug-likeness (QED) is 0.768. The summed E-state index contributed by atoms with van der Waals surface area (Å²) in [5.41, 5.74) is 1.75. The Balaban J connectivity index is 1.99. The van der Waals surface area contributed by atoms with Gasteiger partial charge in [-0.3, -0.25) is 14.5 Å². The fraction of sp³-hybridized carbons (Fsp3) is 0.353. The summed E-state index contributed by atoms with van der Waals surface area (Å²) in [6, 6.07) is 7.37. The lowest BCUT2D eigenvalue weighted by Crippen LogP contribution is -2.35. The van der Waals surface area contributed by atoms with Gasteiger partial charge >= 0.3 is 5.97 Å². The van der Waals surface area contributed by atoms with Gasteiger partial charge < -0.3 is 10.4 Å². The van der Waals surface area contributed by atoms with Crippen molar-refractivity contribution in [3.05, 3.63) is 34.2 Å². The molecule has 0 saturated carbocycles. The number of anilines is 1. The van der Waals surface area contributed by atoms with Gasteiger partial charge in [0.1, 0.15) is 0 Å². The topological polar surface area (TPSA) is 82.5 Å². The first kappa shape index (κ1) is 19.4. The number of hydrogen-bond donors (Lipinski definition) is 2. The van der Waals surface area contributed by atoms with E-state index in [-0.39, 0.29) is 12.5 Å². The van der Waals surface area contributed by atoms with E-state index in [0.29, 0.717) is 16.7 Å². The summed E-state index contributed by atoms with van der Waals surface area (Å²) in [7, 11) is 1.71. The predicted molar refractivity (Wildman–Crippen MR) is 100 cm³/mol. The van der Waals surface area contributed by atoms with Crippen LogP contribution in [-0.4, -0.2) is 47.0 Å². The Morgan fingerprint density at radius 1 is 1.36 bits per heavy atom. The molecule has 1 aromatic heterocycles. The van der Waals surface area contributed by atoms with Gasteiger partial charge in [0, 0.05) is 22.0 Å². The minimum absolute atomic E-state index is 0.104. The SMILES string of the molecule is Cc1sc(NC(=O)CN(C)CC(C)C(=O)O)nc1-c1ccc(Cl)cc1. The summed E-state index contributed by atoms with van der Waals surface area (Å²) in [6.07, 6.45) is 0. The minimum Gasteiger partial charge on any atom is -0.481 e. The van der Waals surface area contributed by atoms with Crippen LogP contribution in [-0.2, 0) is 9.59 Å². The van der Waals surface area contributed by atoms with Crippen molar-refractivity contribution in [3.63, 3.8) is 0 Å². The van der Waals surface area contributed by atoms with Gasteiger partial charge in [0.2, 0.25) is 5.91 Å². The fourth-order valence-corrected chi connectivity index (χ4v) is 3.32. The van der Waals surface area contributed by atoms with E-state index in [1.165, 1.54) is 11.3 Å². The third kappa shape index (κ3) is 5.52. The average molecular weight is 382 g/mol. The normalized spacial score (nSPS) is 12.2. The number of nitrogens with zero attached hydrogens (tertiary/aromatic N) is 2. The standard InChI is InChI=1S/C17H20ClN3O3S/c1-10(16(23)24)8-21(3)9-14(22)19-17-20-15(11(2)25-17)12-4-6-13(18)7-5-12/h4-7,10H,8-9H2,1-3H3,(H,23,24)(H,19,20,22). The number of rotatable bonds is 7. The van der Waals surface area contributed by atoms with Crippen molar-refractivity contribution in [2.45, 2.75) is 13.8 Å². The van der Waals surface area contributed by atoms with Crippen molar-refractivity contribution in [2.75, 3.05) is 25.5 Å². The smallest absolute Gasteiger partial charge is 0.307 e. The molecule has 2 aromatic rings. The van der Waals surface area contributed by atoms with E-state index in [2.05, 4.69) is 10.3 Å². The van der Waals surface area contributed by atoms with Gasteiger partial charge in [-0.15, -0.1) is 11.3 Å². The highest BCUT2D eigenvalue weighted by molar-refractivity contribution is 7.16. The average Bonchev–Trinajstić information content (AvgIpc) is 2.87. The highest BCUT2D eigenvalue weighted by atomic mass is 35.5. The lowest BCUT2D eigenvalue weighted by Gasteiger charge is -2.17. The van der Waals surface area contributed by atoms with Crippen molar-refractivity contribution in [3.8, 4) is 11.3 Å². The Morgan fingerprint density at radius 2 is 2.00 bits per heavy atom. The zero-order valence-corrected chi connectivity index (χ0v) is 15.8. The van der Waals surface area contributed by atoms with E-state index in [9.17, 15) is 9.59 Å². The molecule has 1 atom stereocenters. The van der Waals surface area contributed by atoms with E-state index in [1.807, 2.05) is 19.1 Å². The number of carbonyl (C=O) groups is 2. The number of carboxylic acids is 1. The molecule has 0 aliphatic rings. The highest BCUT2D eigenvalue weighted by Gasteiger charge is 2.17. The van der Waals surface area contributed by atoms with E-state index in [1.54, 1.807) is 31.0 Å². The van der Waals surface area contributed by atoms with Gasteiger partial charge in [-0.05, 0) is 26.1 Å². The Morgan fingerprint density at radius 3 is 2.60 bits per heavy atom. The number of aromatic nitrogens is 1. The molecular weight excluding hydrogens is 362 g/mol. The number of thiazole rings is 1. The number of aliphatic carboxylic acids is 1. The number of carbonyl (C=O) groups excluding carboxylic acids is 1. The summed E-state index contributed by atoms with van der Waals surface area (Å²) in [5, 5.41) is 12.9. The lowest BCUT2D eigenvalue weighted by atomic mass is 10.1. The van der Waals surface area contributed by atoms with Crippen LogP contribution in [0.1, 0.15) is 11.8 Å². The van der Waals surface area contributed by atoms with Gasteiger partial charge in [-0.25, -0.2) is 4.98 Å². The second kappa shape index (κ2) is 8.42. The fourth-order valence-electron chi connectivity index (χ4n) is 2.34. The molecule has 0 aliphatic heterocycles. The van der Waals surface area contributed by atoms with Gasteiger partial charge in [0.25, 0.3) is 0 Å². The molecule has 6 nitrogen and oxygen atoms in total. The molecule has 25 heavy (non-hydrogen) atoms. The lowest BCUT2D eigenvalue weighted by molar-refractivity contribution is -0.141. The summed E-state index contributed by atoms with van der Waals surface area (Å²) in [6.45, 7) is 3.96. The van der Waals surface area contributed by atoms with E-state index in [4.69, 9.17) is 16.7 Å². The summed E-state index contributed by atoms with van der Waals surface area (Å²) >= 11 is 7.30. The van der Waals surface area contributed by atoms with Crippen LogP contribution < -0.4 is 5.32 Å². The van der Waals surface area contributed by atoms with Crippen LogP contribution in [0.5, 0.6) is 0 Å². The number of aryl methyl sites for hydroxylation is 1. The van der Waals surface area contributed by atoms with Crippen molar-refractivity contribution in [2.24, 2.45) is 5.92 Å². The molecule has 0 spiro atoms. The molecule has 0 radical (unpaired) electrons. The monoisotopic (exact) mass is 381 g/mol. The third-order valence-corrected chi connectivity index (χ3v) is 4.72. The zero-order valence-electron chi connectivity index (χ0n) is 14.2. The maximum Gasteiger partial charge on any atom is 0.307 e. The molecule has 0 fully saturated rings. The molecule has 1 aromatic carbocycles. The maximum atomic E-state index is 12.1. The number of carboxylic acid groups (broad SMARTS) is 1. The largest absolute Gasteiger partial charge is 0.481 e. The molecule has 1 amide bonds. The first-order valence-electron chi connectivity index (χ1n) is 7.71. The molecule has 1 heterocycles. The van der Waals surface area contributed by atoms with Gasteiger partial charge in [0.05, 0.1) is 18.2 Å². The van der Waals surface area contributed by atoms with Crippen molar-refractivity contribution < 1.29 is 14.7 Å². The van der Waals surface area contributed by atoms with Crippen molar-refractivity contribution in [1.29, 1.82) is 0 Å². The van der Waals surface area contributed by atoms with Crippen molar-refractivity contribution in [1.82, 2.24) is 9.88 Å². The molecule has 0 saturated heterocycles. The van der Waals surface area contributed by atoms with E-state index < -0.39 is 11.9 Å². The second-order valence-electron chi connectivity index (χ2n) is 5.91. The molecule has 2 N–H and O–H groups in total. The van der Waals surface area contributed by atoms with E-state index >= 15 is 0 Å². The molecule has 0 bridgehead atoms. The van der Waals surface area contributed by atoms with Gasteiger partial charge in [0.15, 0.2) is 5.13 Å². The van der Waals surface area contributed by atoms with Gasteiger partial charge in [-0.1, -0.05) is 30.7 Å². The number of likely N-dealkylation sites (N-methyl/N-ethyl adjacent to an activating group) is 1. The Bertz CT molecular complexity index is 761. The number of nitrogens with one attached hydrogen (secondary N) is 1. The van der Waals surface area contributed by atoms with Gasteiger partial charge in [-0.2, -0.15) is 0 Å². The zero-order chi connectivity index (χ0) is 18.6.